The van der Waals surface area contributed by atoms with Gasteiger partial charge in [-0.2, -0.15) is 5.26 Å². The van der Waals surface area contributed by atoms with Crippen molar-refractivity contribution < 1.29 is 19.1 Å². The smallest absolute Gasteiger partial charge is 0.326 e. The Balaban J connectivity index is 1.78. The molecule has 0 aliphatic heterocycles. The number of fused-ring (bicyclic) bond motifs is 1. The molecule has 2 heterocycles. The second-order valence-corrected chi connectivity index (χ2v) is 5.65. The summed E-state index contributed by atoms with van der Waals surface area (Å²) < 4.78 is 13.0. The molecule has 7 nitrogen and oxygen atoms in total. The van der Waals surface area contributed by atoms with Gasteiger partial charge in [-0.15, -0.1) is 0 Å². The van der Waals surface area contributed by atoms with E-state index in [9.17, 15) is 19.1 Å². The summed E-state index contributed by atoms with van der Waals surface area (Å²) in [7, 11) is 0. The summed E-state index contributed by atoms with van der Waals surface area (Å²) in [6.07, 6.45) is 1.44. The molecule has 2 aromatic heterocycles. The highest BCUT2D eigenvalue weighted by Crippen LogP contribution is 2.15. The highest BCUT2D eigenvalue weighted by Gasteiger charge is 2.22. The van der Waals surface area contributed by atoms with E-state index in [0.29, 0.717) is 16.5 Å². The quantitative estimate of drug-likeness (QED) is 0.649. The van der Waals surface area contributed by atoms with Crippen LogP contribution in [0.5, 0.6) is 0 Å². The number of aromatic amines is 1. The van der Waals surface area contributed by atoms with Crippen molar-refractivity contribution in [1.82, 2.24) is 15.3 Å². The SMILES string of the molecule is N#Cc1cc2cc(C(=O)NC(Cc3ccc(F)cc3)C(=O)O)[nH]c2cn1. The number of aromatic nitrogens is 2. The number of nitrogens with one attached hydrogen (secondary N) is 2. The third-order valence-corrected chi connectivity index (χ3v) is 3.82. The molecule has 0 aliphatic rings. The molecular weight excluding hydrogens is 339 g/mol. The van der Waals surface area contributed by atoms with E-state index in [-0.39, 0.29) is 17.8 Å². The minimum atomic E-state index is -1.20. The van der Waals surface area contributed by atoms with Crippen LogP contribution >= 0.6 is 0 Å². The Hall–Kier alpha value is -3.73. The Labute approximate surface area is 147 Å². The molecule has 1 atom stereocenters. The number of carbonyl (C=O) groups excluding carboxylic acids is 1. The lowest BCUT2D eigenvalue weighted by Crippen LogP contribution is -2.42. The third kappa shape index (κ3) is 3.67. The number of halogens is 1. The van der Waals surface area contributed by atoms with Crippen molar-refractivity contribution in [1.29, 1.82) is 5.26 Å². The van der Waals surface area contributed by atoms with Crippen LogP contribution in [0.4, 0.5) is 4.39 Å². The molecule has 1 aromatic carbocycles. The number of carboxylic acid groups (broad SMARTS) is 1. The molecule has 8 heteroatoms. The first-order valence-electron chi connectivity index (χ1n) is 7.63. The highest BCUT2D eigenvalue weighted by molar-refractivity contribution is 5.99. The van der Waals surface area contributed by atoms with E-state index in [1.807, 2.05) is 6.07 Å². The van der Waals surface area contributed by atoms with E-state index in [1.54, 1.807) is 0 Å². The Bertz CT molecular complexity index is 1020. The fraction of sp³-hybridized carbons (Fsp3) is 0.111. The molecule has 3 N–H and O–H groups in total. The topological polar surface area (TPSA) is 119 Å². The van der Waals surface area contributed by atoms with Gasteiger partial charge in [-0.25, -0.2) is 14.2 Å². The lowest BCUT2D eigenvalue weighted by Gasteiger charge is -2.14. The fourth-order valence-corrected chi connectivity index (χ4v) is 2.51. The zero-order valence-corrected chi connectivity index (χ0v) is 13.4. The number of benzene rings is 1. The lowest BCUT2D eigenvalue weighted by molar-refractivity contribution is -0.139. The van der Waals surface area contributed by atoms with Crippen LogP contribution in [0.25, 0.3) is 10.9 Å². The molecule has 0 fully saturated rings. The van der Waals surface area contributed by atoms with Gasteiger partial charge in [0.2, 0.25) is 0 Å². The van der Waals surface area contributed by atoms with Crippen molar-refractivity contribution in [2.75, 3.05) is 0 Å². The second-order valence-electron chi connectivity index (χ2n) is 5.65. The molecule has 26 heavy (non-hydrogen) atoms. The number of amides is 1. The third-order valence-electron chi connectivity index (χ3n) is 3.82. The van der Waals surface area contributed by atoms with Gasteiger partial charge < -0.3 is 15.4 Å². The number of hydrogen-bond donors (Lipinski definition) is 3. The lowest BCUT2D eigenvalue weighted by atomic mass is 10.1. The van der Waals surface area contributed by atoms with Gasteiger partial charge in [0.15, 0.2) is 0 Å². The Morgan fingerprint density at radius 3 is 2.69 bits per heavy atom. The Morgan fingerprint density at radius 1 is 1.31 bits per heavy atom. The molecule has 0 bridgehead atoms. The molecule has 130 valence electrons. The minimum absolute atomic E-state index is 0.0156. The van der Waals surface area contributed by atoms with Gasteiger partial charge in [0.1, 0.15) is 29.3 Å². The van der Waals surface area contributed by atoms with Crippen LogP contribution in [-0.4, -0.2) is 33.0 Å². The number of nitrogens with zero attached hydrogens (tertiary/aromatic N) is 2. The van der Waals surface area contributed by atoms with Crippen LogP contribution < -0.4 is 5.32 Å². The first-order chi connectivity index (χ1) is 12.5. The second kappa shape index (κ2) is 7.03. The predicted octanol–water partition coefficient (Wildman–Crippen LogP) is 2.00. The van der Waals surface area contributed by atoms with Gasteiger partial charge >= 0.3 is 5.97 Å². The predicted molar refractivity (Wildman–Crippen MR) is 89.8 cm³/mol. The van der Waals surface area contributed by atoms with Crippen molar-refractivity contribution in [3.05, 3.63) is 65.4 Å². The van der Waals surface area contributed by atoms with Crippen LogP contribution in [0.3, 0.4) is 0 Å². The molecule has 1 amide bonds. The van der Waals surface area contributed by atoms with Crippen molar-refractivity contribution >= 4 is 22.8 Å². The summed E-state index contributed by atoms with van der Waals surface area (Å²) in [4.78, 5) is 30.6. The van der Waals surface area contributed by atoms with E-state index in [1.165, 1.54) is 42.6 Å². The Morgan fingerprint density at radius 2 is 2.04 bits per heavy atom. The van der Waals surface area contributed by atoms with Gasteiger partial charge in [-0.3, -0.25) is 4.79 Å². The first-order valence-corrected chi connectivity index (χ1v) is 7.63. The largest absolute Gasteiger partial charge is 0.480 e. The number of nitriles is 1. The normalized spacial score (nSPS) is 11.7. The monoisotopic (exact) mass is 352 g/mol. The maximum Gasteiger partial charge on any atom is 0.326 e. The van der Waals surface area contributed by atoms with Crippen molar-refractivity contribution in [3.63, 3.8) is 0 Å². The molecule has 3 aromatic rings. The summed E-state index contributed by atoms with van der Waals surface area (Å²) in [5.74, 6) is -2.23. The average Bonchev–Trinajstić information content (AvgIpc) is 3.06. The van der Waals surface area contributed by atoms with Crippen LogP contribution in [-0.2, 0) is 11.2 Å². The van der Waals surface area contributed by atoms with Gasteiger partial charge in [0.05, 0.1) is 11.7 Å². The van der Waals surface area contributed by atoms with Crippen molar-refractivity contribution in [2.45, 2.75) is 12.5 Å². The first kappa shape index (κ1) is 17.1. The number of pyridine rings is 1. The zero-order valence-electron chi connectivity index (χ0n) is 13.4. The number of carboxylic acids is 1. The van der Waals surface area contributed by atoms with Gasteiger partial charge in [0, 0.05) is 11.8 Å². The molecule has 3 rings (SSSR count). The van der Waals surface area contributed by atoms with Gasteiger partial charge in [-0.05, 0) is 29.8 Å². The molecule has 1 unspecified atom stereocenters. The summed E-state index contributed by atoms with van der Waals surface area (Å²) in [6.45, 7) is 0. The van der Waals surface area contributed by atoms with E-state index < -0.39 is 23.7 Å². The van der Waals surface area contributed by atoms with E-state index in [4.69, 9.17) is 5.26 Å². The number of aliphatic carboxylic acids is 1. The van der Waals surface area contributed by atoms with E-state index in [2.05, 4.69) is 15.3 Å². The minimum Gasteiger partial charge on any atom is -0.480 e. The van der Waals surface area contributed by atoms with E-state index in [0.717, 1.165) is 0 Å². The summed E-state index contributed by atoms with van der Waals surface area (Å²) in [5.41, 5.74) is 1.50. The number of hydrogen-bond acceptors (Lipinski definition) is 4. The molecular formula is C18H13FN4O3. The van der Waals surface area contributed by atoms with Crippen LogP contribution in [0.1, 0.15) is 21.7 Å². The highest BCUT2D eigenvalue weighted by atomic mass is 19.1. The maximum atomic E-state index is 13.0. The molecule has 0 saturated carbocycles. The summed E-state index contributed by atoms with van der Waals surface area (Å²) >= 11 is 0. The standard InChI is InChI=1S/C18H13FN4O3/c19-12-3-1-10(2-4-12)5-15(18(25)26)23-17(24)14-7-11-6-13(8-20)21-9-16(11)22-14/h1-4,6-7,9,15,22H,5H2,(H,23,24)(H,25,26). The average molecular weight is 352 g/mol. The molecule has 0 aliphatic carbocycles. The fourth-order valence-electron chi connectivity index (χ4n) is 2.51. The van der Waals surface area contributed by atoms with Crippen molar-refractivity contribution in [3.8, 4) is 6.07 Å². The summed E-state index contributed by atoms with van der Waals surface area (Å²) in [5, 5.41) is 21.3. The molecule has 0 saturated heterocycles. The van der Waals surface area contributed by atoms with Crippen LogP contribution in [0.15, 0.2) is 42.6 Å². The zero-order chi connectivity index (χ0) is 18.7. The maximum absolute atomic E-state index is 13.0. The van der Waals surface area contributed by atoms with Crippen LogP contribution in [0.2, 0.25) is 0 Å². The van der Waals surface area contributed by atoms with Gasteiger partial charge in [-0.1, -0.05) is 12.1 Å². The molecule has 0 radical (unpaired) electrons. The van der Waals surface area contributed by atoms with Crippen molar-refractivity contribution in [2.24, 2.45) is 0 Å². The Kier molecular flexibility index (Phi) is 4.62. The molecule has 0 spiro atoms. The van der Waals surface area contributed by atoms with E-state index >= 15 is 0 Å². The number of rotatable bonds is 5. The van der Waals surface area contributed by atoms with Gasteiger partial charge in [0.25, 0.3) is 5.91 Å². The number of H-pyrrole nitrogens is 1. The summed E-state index contributed by atoms with van der Waals surface area (Å²) in [6, 6.07) is 9.17. The van der Waals surface area contributed by atoms with Crippen LogP contribution in [0, 0.1) is 17.1 Å². The number of carbonyl (C=O) groups is 2.